The summed E-state index contributed by atoms with van der Waals surface area (Å²) in [6.07, 6.45) is 12.1. The van der Waals surface area contributed by atoms with Crippen molar-refractivity contribution in [2.24, 2.45) is 0 Å². The number of carboxylic acid groups (broad SMARTS) is 1. The number of nitrogens with zero attached hydrogens (tertiary/aromatic N) is 2. The molecule has 2 heterocycles. The van der Waals surface area contributed by atoms with Gasteiger partial charge in [-0.05, 0) is 76.8 Å². The highest BCUT2D eigenvalue weighted by Crippen LogP contribution is 2.51. The molecule has 2 aliphatic heterocycles. The van der Waals surface area contributed by atoms with Gasteiger partial charge in [-0.2, -0.15) is 13.0 Å². The van der Waals surface area contributed by atoms with Gasteiger partial charge < -0.3 is 19.1 Å². The maximum absolute atomic E-state index is 11.8. The predicted molar refractivity (Wildman–Crippen MR) is 200 cm³/mol. The molecule has 0 aromatic heterocycles. The van der Waals surface area contributed by atoms with Gasteiger partial charge in [-0.3, -0.25) is 9.35 Å². The summed E-state index contributed by atoms with van der Waals surface area (Å²) in [5.74, 6) is -1.84. The van der Waals surface area contributed by atoms with E-state index in [1.807, 2.05) is 60.6 Å². The molecule has 2 aromatic rings. The molecule has 2 aromatic carbocycles. The van der Waals surface area contributed by atoms with Crippen LogP contribution < -0.4 is 4.90 Å². The number of allylic oxidation sites excluding steroid dienone is 6. The number of aryl methyl sites for hydroxylation is 1. The van der Waals surface area contributed by atoms with Crippen molar-refractivity contribution in [2.45, 2.75) is 88.4 Å². The molecule has 0 saturated carbocycles. The van der Waals surface area contributed by atoms with Gasteiger partial charge in [-0.15, -0.1) is 0 Å². The predicted octanol–water partition coefficient (Wildman–Crippen LogP) is 5.30. The van der Waals surface area contributed by atoms with E-state index in [0.717, 1.165) is 28.9 Å². The van der Waals surface area contributed by atoms with Gasteiger partial charge in [0.15, 0.2) is 5.71 Å². The molecule has 4 rings (SSSR count). The monoisotopic (exact) mass is 791 g/mol. The highest BCUT2D eigenvalue weighted by Gasteiger charge is 2.45. The van der Waals surface area contributed by atoms with Crippen molar-refractivity contribution in [1.29, 1.82) is 0 Å². The summed E-state index contributed by atoms with van der Waals surface area (Å²) in [4.78, 5) is 12.7. The van der Waals surface area contributed by atoms with Crippen molar-refractivity contribution in [1.82, 2.24) is 0 Å². The van der Waals surface area contributed by atoms with E-state index in [1.54, 1.807) is 12.2 Å². The van der Waals surface area contributed by atoms with Gasteiger partial charge in [0.25, 0.3) is 10.1 Å². The van der Waals surface area contributed by atoms with Gasteiger partial charge >= 0.3 is 5.97 Å². The minimum Gasteiger partial charge on any atom is -0.748 e. The Labute approximate surface area is 312 Å². The third-order valence-electron chi connectivity index (χ3n) is 9.90. The van der Waals surface area contributed by atoms with Crippen molar-refractivity contribution >= 4 is 53.4 Å². The fourth-order valence-corrected chi connectivity index (χ4v) is 8.79. The van der Waals surface area contributed by atoms with Gasteiger partial charge in [0.05, 0.1) is 26.2 Å². The molecule has 1 unspecified atom stereocenters. The Balaban J connectivity index is 1.72. The molecule has 0 bridgehead atoms. The van der Waals surface area contributed by atoms with Gasteiger partial charge in [0.1, 0.15) is 16.7 Å². The van der Waals surface area contributed by atoms with Crippen LogP contribution >= 0.6 is 0 Å². The average molecular weight is 792 g/mol. The number of hydrogen-bond acceptors (Lipinski definition) is 10. The average Bonchev–Trinajstić information content (AvgIpc) is 3.38. The molecule has 53 heavy (non-hydrogen) atoms. The maximum atomic E-state index is 11.8. The molecule has 2 N–H and O–H groups in total. The first-order valence-corrected chi connectivity index (χ1v) is 21.9. The van der Waals surface area contributed by atoms with E-state index in [9.17, 15) is 43.7 Å². The molecule has 1 atom stereocenters. The fourth-order valence-electron chi connectivity index (χ4n) is 7.31. The molecule has 16 heteroatoms. The summed E-state index contributed by atoms with van der Waals surface area (Å²) in [6.45, 7) is 8.29. The molecule has 0 aliphatic carbocycles. The Morgan fingerprint density at radius 3 is 2.23 bits per heavy atom. The highest BCUT2D eigenvalue weighted by molar-refractivity contribution is 7.86. The zero-order valence-electron chi connectivity index (χ0n) is 30.3. The number of benzene rings is 2. The summed E-state index contributed by atoms with van der Waals surface area (Å²) in [5, 5.41) is 9.10. The second-order valence-corrected chi connectivity index (χ2v) is 18.8. The number of aliphatic carboxylic acids is 1. The Bertz CT molecular complexity index is 2190. The number of carbonyl (C=O) groups is 1. The van der Waals surface area contributed by atoms with E-state index in [0.29, 0.717) is 36.2 Å². The number of carboxylic acids is 1. The van der Waals surface area contributed by atoms with Crippen molar-refractivity contribution in [2.75, 3.05) is 29.5 Å². The SMILES string of the molecule is Cc1ccc2c(c1)C(C)(CCCCCC(=O)O)C(=CC=CC=CC1=[N+](CCCS(=O)(=O)O)c3ccc(S(=O)(=O)[O-])cc3C1(C)C)N2CCCS(=O)(=O)[O-]. The summed E-state index contributed by atoms with van der Waals surface area (Å²) < 4.78 is 104. The number of rotatable bonds is 18. The van der Waals surface area contributed by atoms with Gasteiger partial charge in [0, 0.05) is 59.6 Å². The van der Waals surface area contributed by atoms with Crippen LogP contribution in [0.15, 0.2) is 77.4 Å². The van der Waals surface area contributed by atoms with E-state index in [-0.39, 0.29) is 37.2 Å². The van der Waals surface area contributed by atoms with Crippen molar-refractivity contribution in [3.63, 3.8) is 0 Å². The van der Waals surface area contributed by atoms with Crippen LogP contribution in [0.3, 0.4) is 0 Å². The number of hydrogen-bond donors (Lipinski definition) is 2. The number of anilines is 1. The number of unbranched alkanes of at least 4 members (excludes halogenated alkanes) is 2. The lowest BCUT2D eigenvalue weighted by atomic mass is 9.76. The van der Waals surface area contributed by atoms with Crippen LogP contribution in [0, 0.1) is 6.92 Å². The van der Waals surface area contributed by atoms with Gasteiger partial charge in [0.2, 0.25) is 5.69 Å². The molecule has 0 fully saturated rings. The summed E-state index contributed by atoms with van der Waals surface area (Å²) in [6, 6.07) is 10.1. The minimum absolute atomic E-state index is 0.0770. The molecular weight excluding hydrogens is 745 g/mol. The molecule has 0 radical (unpaired) electrons. The minimum atomic E-state index is -4.74. The van der Waals surface area contributed by atoms with E-state index in [4.69, 9.17) is 5.11 Å². The topological polar surface area (TPSA) is 212 Å². The molecule has 0 spiro atoms. The quantitative estimate of drug-likeness (QED) is 0.0853. The molecule has 0 amide bonds. The smallest absolute Gasteiger partial charge is 0.303 e. The first-order chi connectivity index (χ1) is 24.5. The Hall–Kier alpha value is -3.67. The molecule has 290 valence electrons. The molecule has 2 aliphatic rings. The standard InChI is InChI=1S/C37H48N2O11S3/c1-27-16-18-32-30(25-27)37(4,20-10-6-9-15-35(40)41)34(39(32)22-12-24-52(45,46)47)14-8-5-7-13-33-36(2,3)29-26-28(53(48,49)50)17-19-31(29)38(33)21-11-23-51(42,43)44/h5,7-8,13-14,16-19,25-26H,6,9-12,15,20-24H2,1-4H3,(H3-,40,41,42,43,44,45,46,47,48,49,50)/p-1. The van der Waals surface area contributed by atoms with Crippen LogP contribution in [-0.4, -0.2) is 84.9 Å². The third-order valence-corrected chi connectivity index (χ3v) is 12.3. The van der Waals surface area contributed by atoms with Crippen LogP contribution in [0.4, 0.5) is 11.4 Å². The highest BCUT2D eigenvalue weighted by atomic mass is 32.2. The van der Waals surface area contributed by atoms with E-state index in [2.05, 4.69) is 13.0 Å². The maximum Gasteiger partial charge on any atom is 0.303 e. The molecule has 13 nitrogen and oxygen atoms in total. The largest absolute Gasteiger partial charge is 0.748 e. The van der Waals surface area contributed by atoms with Crippen LogP contribution in [0.2, 0.25) is 0 Å². The summed E-state index contributed by atoms with van der Waals surface area (Å²) >= 11 is 0. The van der Waals surface area contributed by atoms with E-state index < -0.39 is 58.7 Å². The Morgan fingerprint density at radius 2 is 1.58 bits per heavy atom. The third kappa shape index (κ3) is 10.5. The van der Waals surface area contributed by atoms with Crippen molar-refractivity contribution in [3.05, 3.63) is 89.2 Å². The molecular formula is C37H47N2O11S3-. The van der Waals surface area contributed by atoms with Crippen molar-refractivity contribution < 1.29 is 53.4 Å². The first-order valence-electron chi connectivity index (χ1n) is 17.3. The van der Waals surface area contributed by atoms with Gasteiger partial charge in [-0.25, -0.2) is 16.8 Å². The fraction of sp³-hybridized carbons (Fsp3) is 0.459. The zero-order valence-corrected chi connectivity index (χ0v) is 32.8. The lowest BCUT2D eigenvalue weighted by molar-refractivity contribution is -0.437. The molecule has 0 saturated heterocycles. The lowest BCUT2D eigenvalue weighted by Crippen LogP contribution is -2.30. The normalized spacial score (nSPS) is 19.5. The first kappa shape index (κ1) is 42.1. The van der Waals surface area contributed by atoms with E-state index in [1.165, 1.54) is 18.2 Å². The van der Waals surface area contributed by atoms with Crippen LogP contribution in [0.1, 0.15) is 82.4 Å². The van der Waals surface area contributed by atoms with Crippen LogP contribution in [0.25, 0.3) is 0 Å². The summed E-state index contributed by atoms with van der Waals surface area (Å²) in [5.41, 5.74) is 4.47. The lowest BCUT2D eigenvalue weighted by Gasteiger charge is -2.30. The second-order valence-electron chi connectivity index (χ2n) is 14.3. The summed E-state index contributed by atoms with van der Waals surface area (Å²) in [7, 11) is -13.4. The van der Waals surface area contributed by atoms with Crippen LogP contribution in [-0.2, 0) is 46.0 Å². The number of fused-ring (bicyclic) bond motifs is 2. The second kappa shape index (κ2) is 16.4. The van der Waals surface area contributed by atoms with E-state index >= 15 is 0 Å². The van der Waals surface area contributed by atoms with Crippen molar-refractivity contribution in [3.8, 4) is 0 Å². The zero-order chi connectivity index (χ0) is 39.4. The van der Waals surface area contributed by atoms with Crippen LogP contribution in [0.5, 0.6) is 0 Å². The van der Waals surface area contributed by atoms with Gasteiger partial charge in [-0.1, -0.05) is 48.8 Å². The Morgan fingerprint density at radius 1 is 0.868 bits per heavy atom. The Kier molecular flexibility index (Phi) is 13.0.